The van der Waals surface area contributed by atoms with Crippen LogP contribution in [0.2, 0.25) is 0 Å². The van der Waals surface area contributed by atoms with E-state index in [4.69, 9.17) is 9.47 Å². The highest BCUT2D eigenvalue weighted by Crippen LogP contribution is 2.28. The number of rotatable bonds is 6. The number of carbonyl (C=O) groups excluding carboxylic acids is 3. The standard InChI is InChI=1S/C25H35N3O5/c1-17(2)32-20-6-8-21(9-7-20)33-22-10-13-27(14-11-22)24(30)18-4-3-5-19(16-18)28-15-12-23(29)26-25(28)31/h3-5,16-17,20-22H,6-15H2,1-2H3,(H,26,29,31). The molecular formula is C25H35N3O5. The van der Waals surface area contributed by atoms with E-state index in [9.17, 15) is 14.4 Å². The van der Waals surface area contributed by atoms with E-state index >= 15 is 0 Å². The smallest absolute Gasteiger partial charge is 0.328 e. The Balaban J connectivity index is 1.26. The Morgan fingerprint density at radius 3 is 2.30 bits per heavy atom. The van der Waals surface area contributed by atoms with Crippen molar-refractivity contribution >= 4 is 23.5 Å². The van der Waals surface area contributed by atoms with E-state index < -0.39 is 6.03 Å². The summed E-state index contributed by atoms with van der Waals surface area (Å²) in [7, 11) is 0. The lowest BCUT2D eigenvalue weighted by atomic mass is 9.94. The van der Waals surface area contributed by atoms with Crippen molar-refractivity contribution in [2.45, 2.75) is 83.2 Å². The number of ether oxygens (including phenoxy) is 2. The summed E-state index contributed by atoms with van der Waals surface area (Å²) < 4.78 is 12.3. The van der Waals surface area contributed by atoms with Crippen LogP contribution in [0.25, 0.3) is 0 Å². The van der Waals surface area contributed by atoms with Gasteiger partial charge in [0.2, 0.25) is 5.91 Å². The second-order valence-corrected chi connectivity index (χ2v) is 9.52. The van der Waals surface area contributed by atoms with Crippen LogP contribution in [0.3, 0.4) is 0 Å². The summed E-state index contributed by atoms with van der Waals surface area (Å²) in [4.78, 5) is 40.0. The maximum atomic E-state index is 13.1. The van der Waals surface area contributed by atoms with Crippen LogP contribution in [0, 0.1) is 0 Å². The predicted octanol–water partition coefficient (Wildman–Crippen LogP) is 3.49. The van der Waals surface area contributed by atoms with Gasteiger partial charge in [-0.1, -0.05) is 6.07 Å². The summed E-state index contributed by atoms with van der Waals surface area (Å²) in [5, 5.41) is 2.32. The molecule has 0 radical (unpaired) electrons. The Hall–Kier alpha value is -2.45. The highest BCUT2D eigenvalue weighted by atomic mass is 16.5. The zero-order valence-corrected chi connectivity index (χ0v) is 19.6. The lowest BCUT2D eigenvalue weighted by Gasteiger charge is -2.36. The Morgan fingerprint density at radius 1 is 0.970 bits per heavy atom. The fourth-order valence-electron chi connectivity index (χ4n) is 4.96. The highest BCUT2D eigenvalue weighted by molar-refractivity contribution is 6.06. The molecule has 1 aromatic rings. The van der Waals surface area contributed by atoms with Gasteiger partial charge in [-0.25, -0.2) is 4.79 Å². The predicted molar refractivity (Wildman–Crippen MR) is 124 cm³/mol. The third kappa shape index (κ3) is 6.12. The molecule has 0 unspecified atom stereocenters. The van der Waals surface area contributed by atoms with Gasteiger partial charge in [-0.2, -0.15) is 0 Å². The van der Waals surface area contributed by atoms with E-state index in [0.29, 0.717) is 43.1 Å². The summed E-state index contributed by atoms with van der Waals surface area (Å²) in [5.74, 6) is -0.305. The fraction of sp³-hybridized carbons (Fsp3) is 0.640. The Morgan fingerprint density at radius 2 is 1.64 bits per heavy atom. The second-order valence-electron chi connectivity index (χ2n) is 9.52. The minimum Gasteiger partial charge on any atom is -0.376 e. The number of piperidine rings is 1. The minimum absolute atomic E-state index is 0.0323. The van der Waals surface area contributed by atoms with E-state index in [1.54, 1.807) is 24.3 Å². The van der Waals surface area contributed by atoms with Gasteiger partial charge in [-0.05, 0) is 70.6 Å². The number of urea groups is 1. The lowest BCUT2D eigenvalue weighted by molar-refractivity contribution is -0.120. The van der Waals surface area contributed by atoms with Crippen molar-refractivity contribution in [3.8, 4) is 0 Å². The average molecular weight is 458 g/mol. The van der Waals surface area contributed by atoms with E-state index in [1.165, 1.54) is 4.90 Å². The summed E-state index contributed by atoms with van der Waals surface area (Å²) >= 11 is 0. The number of benzene rings is 1. The molecular weight excluding hydrogens is 422 g/mol. The largest absolute Gasteiger partial charge is 0.376 e. The molecule has 8 heteroatoms. The van der Waals surface area contributed by atoms with Gasteiger partial charge in [0.15, 0.2) is 0 Å². The zero-order valence-electron chi connectivity index (χ0n) is 19.6. The molecule has 3 aliphatic rings. The molecule has 4 rings (SSSR count). The molecule has 2 heterocycles. The number of hydrogen-bond donors (Lipinski definition) is 1. The molecule has 2 saturated heterocycles. The monoisotopic (exact) mass is 457 g/mol. The SMILES string of the molecule is CC(C)OC1CCC(OC2CCN(C(=O)c3cccc(N4CCC(=O)NC4=O)c3)CC2)CC1. The molecule has 1 aromatic carbocycles. The molecule has 1 saturated carbocycles. The van der Waals surface area contributed by atoms with Gasteiger partial charge in [0.05, 0.1) is 24.4 Å². The van der Waals surface area contributed by atoms with Gasteiger partial charge in [0, 0.05) is 37.3 Å². The van der Waals surface area contributed by atoms with Crippen LogP contribution in [0.5, 0.6) is 0 Å². The quantitative estimate of drug-likeness (QED) is 0.707. The van der Waals surface area contributed by atoms with Crippen molar-refractivity contribution in [3.05, 3.63) is 29.8 Å². The normalized spacial score (nSPS) is 24.8. The van der Waals surface area contributed by atoms with Crippen LogP contribution in [-0.4, -0.2) is 66.8 Å². The molecule has 0 aromatic heterocycles. The van der Waals surface area contributed by atoms with E-state index in [-0.39, 0.29) is 30.4 Å². The lowest BCUT2D eigenvalue weighted by Crippen LogP contribution is -2.49. The van der Waals surface area contributed by atoms with Gasteiger partial charge in [-0.15, -0.1) is 0 Å². The van der Waals surface area contributed by atoms with Gasteiger partial charge < -0.3 is 14.4 Å². The summed E-state index contributed by atoms with van der Waals surface area (Å²) in [6.45, 7) is 5.81. The van der Waals surface area contributed by atoms with Gasteiger partial charge in [0.25, 0.3) is 5.91 Å². The molecule has 1 aliphatic carbocycles. The highest BCUT2D eigenvalue weighted by Gasteiger charge is 2.30. The molecule has 4 amide bonds. The third-order valence-electron chi connectivity index (χ3n) is 6.66. The van der Waals surface area contributed by atoms with E-state index in [0.717, 1.165) is 38.5 Å². The van der Waals surface area contributed by atoms with Crippen molar-refractivity contribution in [2.24, 2.45) is 0 Å². The van der Waals surface area contributed by atoms with Crippen LogP contribution in [0.4, 0.5) is 10.5 Å². The third-order valence-corrected chi connectivity index (χ3v) is 6.66. The minimum atomic E-state index is -0.446. The molecule has 33 heavy (non-hydrogen) atoms. The summed E-state index contributed by atoms with van der Waals surface area (Å²) in [5.41, 5.74) is 1.18. The van der Waals surface area contributed by atoms with Crippen LogP contribution in [0.1, 0.15) is 69.2 Å². The number of nitrogens with zero attached hydrogens (tertiary/aromatic N) is 2. The summed E-state index contributed by atoms with van der Waals surface area (Å²) in [6, 6.07) is 6.63. The molecule has 180 valence electrons. The van der Waals surface area contributed by atoms with Crippen molar-refractivity contribution in [1.82, 2.24) is 10.2 Å². The Kier molecular flexibility index (Phi) is 7.65. The molecule has 8 nitrogen and oxygen atoms in total. The first-order valence-electron chi connectivity index (χ1n) is 12.2. The van der Waals surface area contributed by atoms with Gasteiger partial charge in [0.1, 0.15) is 0 Å². The summed E-state index contributed by atoms with van der Waals surface area (Å²) in [6.07, 6.45) is 7.25. The Bertz CT molecular complexity index is 857. The van der Waals surface area contributed by atoms with Crippen LogP contribution in [-0.2, 0) is 14.3 Å². The first-order chi connectivity index (χ1) is 15.9. The van der Waals surface area contributed by atoms with Crippen molar-refractivity contribution in [1.29, 1.82) is 0 Å². The van der Waals surface area contributed by atoms with Crippen LogP contribution >= 0.6 is 0 Å². The number of anilines is 1. The molecule has 2 aliphatic heterocycles. The topological polar surface area (TPSA) is 88.2 Å². The maximum absolute atomic E-state index is 13.1. The number of carbonyl (C=O) groups is 3. The van der Waals surface area contributed by atoms with Gasteiger partial charge in [-0.3, -0.25) is 19.8 Å². The number of likely N-dealkylation sites (tertiary alicyclic amines) is 1. The fourth-order valence-corrected chi connectivity index (χ4v) is 4.96. The first kappa shape index (κ1) is 23.7. The number of nitrogens with one attached hydrogen (secondary N) is 1. The van der Waals surface area contributed by atoms with Gasteiger partial charge >= 0.3 is 6.03 Å². The van der Waals surface area contributed by atoms with E-state index in [1.807, 2.05) is 4.90 Å². The van der Waals surface area contributed by atoms with Crippen molar-refractivity contribution in [2.75, 3.05) is 24.5 Å². The number of amides is 4. The molecule has 1 N–H and O–H groups in total. The van der Waals surface area contributed by atoms with Crippen LogP contribution < -0.4 is 10.2 Å². The Labute approximate surface area is 195 Å². The number of imide groups is 1. The molecule has 0 bridgehead atoms. The molecule has 0 spiro atoms. The zero-order chi connectivity index (χ0) is 23.4. The average Bonchev–Trinajstić information content (AvgIpc) is 2.80. The van der Waals surface area contributed by atoms with Crippen molar-refractivity contribution < 1.29 is 23.9 Å². The molecule has 3 fully saturated rings. The first-order valence-corrected chi connectivity index (χ1v) is 12.2. The van der Waals surface area contributed by atoms with E-state index in [2.05, 4.69) is 19.2 Å². The van der Waals surface area contributed by atoms with Crippen molar-refractivity contribution in [3.63, 3.8) is 0 Å². The molecule has 0 atom stereocenters. The number of hydrogen-bond acceptors (Lipinski definition) is 5. The maximum Gasteiger partial charge on any atom is 0.328 e. The second kappa shape index (κ2) is 10.7. The van der Waals surface area contributed by atoms with Crippen LogP contribution in [0.15, 0.2) is 24.3 Å².